The van der Waals surface area contributed by atoms with Crippen LogP contribution in [-0.2, 0) is 0 Å². The molecule has 0 unspecified atom stereocenters. The second-order valence-corrected chi connectivity index (χ2v) is 9.46. The number of rotatable bonds is 4. The van der Waals surface area contributed by atoms with E-state index in [2.05, 4.69) is 19.9 Å². The first-order chi connectivity index (χ1) is 14.9. The van der Waals surface area contributed by atoms with Crippen molar-refractivity contribution in [1.29, 1.82) is 0 Å². The molecule has 0 aliphatic carbocycles. The predicted molar refractivity (Wildman–Crippen MR) is 113 cm³/mol. The van der Waals surface area contributed by atoms with E-state index in [0.29, 0.717) is 37.3 Å². The Balaban J connectivity index is 1.49. The molecule has 3 aliphatic rings. The molecular formula is C21H26ClF2N5O2. The minimum absolute atomic E-state index is 0.0281. The summed E-state index contributed by atoms with van der Waals surface area (Å²) in [5, 5.41) is 10.5. The standard InChI is InChI=1S/C21H26ClF2N5O2/c1-12-3-6-28(10-15(12)30)19-14-8-25-18(22)16(24)17(14)26-20(27-19)31-11-21-4-2-5-29(21)9-13(23)7-21/h8,12-13,15,30H,2-7,9-11H2,1H3/t12-,13-,15+,21+/m1/s1. The number of fused-ring (bicyclic) bond motifs is 2. The number of piperidine rings is 1. The zero-order chi connectivity index (χ0) is 21.8. The Labute approximate surface area is 184 Å². The van der Waals surface area contributed by atoms with E-state index in [1.54, 1.807) is 0 Å². The van der Waals surface area contributed by atoms with Gasteiger partial charge in [0.25, 0.3) is 0 Å². The number of halogens is 3. The maximum Gasteiger partial charge on any atom is 0.319 e. The number of anilines is 1. The molecular weight excluding hydrogens is 428 g/mol. The minimum atomic E-state index is -0.865. The lowest BCUT2D eigenvalue weighted by atomic mass is 9.95. The number of alkyl halides is 1. The Bertz CT molecular complexity index is 998. The van der Waals surface area contributed by atoms with Gasteiger partial charge in [0.15, 0.2) is 11.0 Å². The van der Waals surface area contributed by atoms with E-state index in [-0.39, 0.29) is 34.7 Å². The third kappa shape index (κ3) is 3.70. The average molecular weight is 454 g/mol. The predicted octanol–water partition coefficient (Wildman–Crippen LogP) is 2.98. The SMILES string of the molecule is C[C@@H]1CCN(c2nc(OC[C@@]34CCCN3C[C@H](F)C4)nc3c(F)c(Cl)ncc23)C[C@@H]1O. The van der Waals surface area contributed by atoms with Crippen molar-refractivity contribution in [2.24, 2.45) is 5.92 Å². The summed E-state index contributed by atoms with van der Waals surface area (Å²) in [4.78, 5) is 16.8. The molecule has 10 heteroatoms. The molecule has 0 saturated carbocycles. The van der Waals surface area contributed by atoms with Gasteiger partial charge in [-0.1, -0.05) is 18.5 Å². The van der Waals surface area contributed by atoms with Crippen LogP contribution in [0.1, 0.15) is 32.6 Å². The molecule has 1 N–H and O–H groups in total. The van der Waals surface area contributed by atoms with Crippen molar-refractivity contribution in [3.05, 3.63) is 17.2 Å². The number of ether oxygens (including phenoxy) is 1. The highest BCUT2D eigenvalue weighted by molar-refractivity contribution is 6.30. The molecule has 7 nitrogen and oxygen atoms in total. The molecule has 0 amide bonds. The largest absolute Gasteiger partial charge is 0.461 e. The zero-order valence-corrected chi connectivity index (χ0v) is 18.2. The van der Waals surface area contributed by atoms with Crippen LogP contribution in [0, 0.1) is 11.7 Å². The van der Waals surface area contributed by atoms with Gasteiger partial charge in [0.05, 0.1) is 17.0 Å². The first-order valence-electron chi connectivity index (χ1n) is 10.8. The van der Waals surface area contributed by atoms with Crippen molar-refractivity contribution >= 4 is 28.3 Å². The average Bonchev–Trinajstić information content (AvgIpc) is 3.26. The zero-order valence-electron chi connectivity index (χ0n) is 17.4. The van der Waals surface area contributed by atoms with Crippen LogP contribution in [0.25, 0.3) is 10.9 Å². The minimum Gasteiger partial charge on any atom is -0.461 e. The summed E-state index contributed by atoms with van der Waals surface area (Å²) in [7, 11) is 0. The molecule has 168 valence electrons. The second kappa shape index (κ2) is 7.94. The van der Waals surface area contributed by atoms with E-state index in [9.17, 15) is 13.9 Å². The van der Waals surface area contributed by atoms with Crippen molar-refractivity contribution in [2.75, 3.05) is 37.7 Å². The fraction of sp³-hybridized carbons (Fsp3) is 0.667. The number of pyridine rings is 1. The van der Waals surface area contributed by atoms with Crippen LogP contribution in [0.15, 0.2) is 6.20 Å². The van der Waals surface area contributed by atoms with Crippen LogP contribution in [0.5, 0.6) is 6.01 Å². The van der Waals surface area contributed by atoms with Crippen LogP contribution < -0.4 is 9.64 Å². The lowest BCUT2D eigenvalue weighted by Crippen LogP contribution is -2.44. The Morgan fingerprint density at radius 2 is 2.16 bits per heavy atom. The van der Waals surface area contributed by atoms with Gasteiger partial charge in [-0.3, -0.25) is 4.90 Å². The molecule has 3 fully saturated rings. The first kappa shape index (κ1) is 21.0. The summed E-state index contributed by atoms with van der Waals surface area (Å²) in [6.45, 7) is 4.56. The smallest absolute Gasteiger partial charge is 0.319 e. The molecule has 0 bridgehead atoms. The maximum atomic E-state index is 14.8. The molecule has 0 radical (unpaired) electrons. The van der Waals surface area contributed by atoms with Gasteiger partial charge in [-0.15, -0.1) is 0 Å². The van der Waals surface area contributed by atoms with Crippen LogP contribution >= 0.6 is 11.6 Å². The summed E-state index contributed by atoms with van der Waals surface area (Å²) in [6, 6.07) is 0.0281. The van der Waals surface area contributed by atoms with Gasteiger partial charge in [0, 0.05) is 32.3 Å². The Morgan fingerprint density at radius 1 is 1.32 bits per heavy atom. The Kier molecular flexibility index (Phi) is 5.38. The number of aliphatic hydroxyl groups excluding tert-OH is 1. The molecule has 0 spiro atoms. The van der Waals surface area contributed by atoms with Gasteiger partial charge in [0.1, 0.15) is 24.1 Å². The highest BCUT2D eigenvalue weighted by atomic mass is 35.5. The number of hydrogen-bond donors (Lipinski definition) is 1. The Morgan fingerprint density at radius 3 is 2.97 bits per heavy atom. The van der Waals surface area contributed by atoms with E-state index in [1.165, 1.54) is 6.20 Å². The number of hydrogen-bond acceptors (Lipinski definition) is 7. The molecule has 2 aromatic rings. The van der Waals surface area contributed by atoms with E-state index < -0.39 is 18.1 Å². The van der Waals surface area contributed by atoms with E-state index in [0.717, 1.165) is 25.8 Å². The number of β-amino-alcohol motifs (C(OH)–C–C–N with tert-alkyl or cyclic N) is 1. The summed E-state index contributed by atoms with van der Waals surface area (Å²) >= 11 is 5.90. The highest BCUT2D eigenvalue weighted by Gasteiger charge is 2.49. The lowest BCUT2D eigenvalue weighted by molar-refractivity contribution is 0.101. The molecule has 2 aromatic heterocycles. The molecule has 31 heavy (non-hydrogen) atoms. The number of aromatic nitrogens is 3. The van der Waals surface area contributed by atoms with Gasteiger partial charge in [-0.2, -0.15) is 9.97 Å². The second-order valence-electron chi connectivity index (χ2n) is 9.10. The fourth-order valence-corrected chi connectivity index (χ4v) is 5.33. The number of nitrogens with zero attached hydrogens (tertiary/aromatic N) is 5. The van der Waals surface area contributed by atoms with E-state index in [4.69, 9.17) is 16.3 Å². The summed E-state index contributed by atoms with van der Waals surface area (Å²) in [6.07, 6.45) is 3.13. The van der Waals surface area contributed by atoms with Gasteiger partial charge < -0.3 is 14.7 Å². The van der Waals surface area contributed by atoms with Crippen molar-refractivity contribution in [3.8, 4) is 6.01 Å². The molecule has 3 aliphatic heterocycles. The first-order valence-corrected chi connectivity index (χ1v) is 11.2. The lowest BCUT2D eigenvalue weighted by Gasteiger charge is -2.35. The van der Waals surface area contributed by atoms with E-state index in [1.807, 2.05) is 11.8 Å². The molecule has 3 saturated heterocycles. The van der Waals surface area contributed by atoms with Gasteiger partial charge in [-0.25, -0.2) is 13.8 Å². The molecule has 5 rings (SSSR count). The van der Waals surface area contributed by atoms with Crippen molar-refractivity contribution < 1.29 is 18.6 Å². The van der Waals surface area contributed by atoms with Gasteiger partial charge >= 0.3 is 6.01 Å². The van der Waals surface area contributed by atoms with E-state index >= 15 is 0 Å². The van der Waals surface area contributed by atoms with Crippen molar-refractivity contribution in [1.82, 2.24) is 19.9 Å². The van der Waals surface area contributed by atoms with Gasteiger partial charge in [0.2, 0.25) is 0 Å². The van der Waals surface area contributed by atoms with Crippen molar-refractivity contribution in [3.63, 3.8) is 0 Å². The topological polar surface area (TPSA) is 74.6 Å². The summed E-state index contributed by atoms with van der Waals surface area (Å²) in [5.41, 5.74) is -0.327. The monoisotopic (exact) mass is 453 g/mol. The van der Waals surface area contributed by atoms with Crippen LogP contribution in [0.2, 0.25) is 5.15 Å². The Hall–Kier alpha value is -1.84. The van der Waals surface area contributed by atoms with Crippen LogP contribution in [0.4, 0.5) is 14.6 Å². The normalized spacial score (nSPS) is 31.4. The molecule has 5 heterocycles. The van der Waals surface area contributed by atoms with Crippen molar-refractivity contribution in [2.45, 2.75) is 50.4 Å². The van der Waals surface area contributed by atoms with Gasteiger partial charge in [-0.05, 0) is 31.7 Å². The molecule has 0 aromatic carbocycles. The number of aliphatic hydroxyl groups is 1. The highest BCUT2D eigenvalue weighted by Crippen LogP contribution is 2.40. The maximum absolute atomic E-state index is 14.8. The molecule has 4 atom stereocenters. The summed E-state index contributed by atoms with van der Waals surface area (Å²) < 4.78 is 34.8. The van der Waals surface area contributed by atoms with Crippen LogP contribution in [-0.4, -0.2) is 75.6 Å². The third-order valence-electron chi connectivity index (χ3n) is 7.05. The quantitative estimate of drug-likeness (QED) is 0.713. The fourth-order valence-electron chi connectivity index (χ4n) is 5.19. The van der Waals surface area contributed by atoms with Crippen LogP contribution in [0.3, 0.4) is 0 Å². The summed E-state index contributed by atoms with van der Waals surface area (Å²) in [5.74, 6) is -0.0960. The third-order valence-corrected chi connectivity index (χ3v) is 7.31.